The number of hydrogen-bond acceptors (Lipinski definition) is 5. The monoisotopic (exact) mass is 332 g/mol. The third kappa shape index (κ3) is 2.96. The fourth-order valence-electron chi connectivity index (χ4n) is 3.05. The molecule has 0 unspecified atom stereocenters. The van der Waals surface area contributed by atoms with Gasteiger partial charge in [0.1, 0.15) is 22.7 Å². The van der Waals surface area contributed by atoms with Crippen LogP contribution in [0.15, 0.2) is 21.3 Å². The average Bonchev–Trinajstić information content (AvgIpc) is 2.50. The summed E-state index contributed by atoms with van der Waals surface area (Å²) in [7, 11) is 0. The molecular formula is C18H20O6. The average molecular weight is 332 g/mol. The molecule has 0 saturated carbocycles. The molecule has 0 radical (unpaired) electrons. The van der Waals surface area contributed by atoms with Crippen molar-refractivity contribution in [3.63, 3.8) is 0 Å². The minimum absolute atomic E-state index is 0.340. The zero-order valence-corrected chi connectivity index (χ0v) is 14.0. The van der Waals surface area contributed by atoms with Crippen LogP contribution in [0.4, 0.5) is 0 Å². The number of carboxylic acid groups (broad SMARTS) is 1. The van der Waals surface area contributed by atoms with Gasteiger partial charge >= 0.3 is 11.6 Å². The third-order valence-corrected chi connectivity index (χ3v) is 4.22. The van der Waals surface area contributed by atoms with E-state index in [1.54, 1.807) is 6.07 Å². The minimum Gasteiger partial charge on any atom is -0.487 e. The standard InChI is InChI=1S/C18H20O6/c1-4-10-7-15(21)23-17-11-5-6-18(2,3)24-12(11)8-13(16(10)17)22-9-14(19)20/h7-8H,4-6,9H2,1-3H3,(H,19,20). The van der Waals surface area contributed by atoms with Gasteiger partial charge in [-0.05, 0) is 38.7 Å². The number of aliphatic carboxylic acids is 1. The number of carbonyl (C=O) groups is 1. The predicted octanol–water partition coefficient (Wildman–Crippen LogP) is 2.92. The fraction of sp³-hybridized carbons (Fsp3) is 0.444. The molecule has 1 aromatic heterocycles. The molecule has 0 atom stereocenters. The Morgan fingerprint density at radius 1 is 1.38 bits per heavy atom. The number of fused-ring (bicyclic) bond motifs is 3. The number of aryl methyl sites for hydroxylation is 2. The summed E-state index contributed by atoms with van der Waals surface area (Å²) in [5.74, 6) is -0.127. The molecule has 1 aliphatic rings. The van der Waals surface area contributed by atoms with E-state index in [0.717, 1.165) is 17.5 Å². The van der Waals surface area contributed by atoms with E-state index in [-0.39, 0.29) is 5.60 Å². The van der Waals surface area contributed by atoms with Crippen molar-refractivity contribution >= 4 is 16.9 Å². The molecule has 0 fully saturated rings. The van der Waals surface area contributed by atoms with Gasteiger partial charge in [0.25, 0.3) is 0 Å². The molecule has 0 bridgehead atoms. The Labute approximate surface area is 139 Å². The zero-order valence-electron chi connectivity index (χ0n) is 14.0. The Balaban J connectivity index is 2.28. The van der Waals surface area contributed by atoms with Crippen molar-refractivity contribution in [3.8, 4) is 11.5 Å². The maximum atomic E-state index is 11.9. The van der Waals surface area contributed by atoms with Gasteiger partial charge in [-0.1, -0.05) is 6.92 Å². The van der Waals surface area contributed by atoms with Crippen molar-refractivity contribution in [1.82, 2.24) is 0 Å². The molecule has 2 heterocycles. The second-order valence-corrected chi connectivity index (χ2v) is 6.54. The van der Waals surface area contributed by atoms with Gasteiger partial charge in [-0.25, -0.2) is 9.59 Å². The predicted molar refractivity (Wildman–Crippen MR) is 88.0 cm³/mol. The lowest BCUT2D eigenvalue weighted by atomic mass is 9.92. The molecule has 0 spiro atoms. The molecule has 3 rings (SSSR count). The number of carboxylic acids is 1. The maximum absolute atomic E-state index is 11.9. The van der Waals surface area contributed by atoms with Crippen molar-refractivity contribution in [2.75, 3.05) is 6.61 Å². The van der Waals surface area contributed by atoms with E-state index in [9.17, 15) is 9.59 Å². The smallest absolute Gasteiger partial charge is 0.341 e. The van der Waals surface area contributed by atoms with Crippen LogP contribution in [0.5, 0.6) is 11.5 Å². The summed E-state index contributed by atoms with van der Waals surface area (Å²) in [5.41, 5.74) is 1.27. The normalized spacial score (nSPS) is 15.6. The van der Waals surface area contributed by atoms with Crippen molar-refractivity contribution in [2.24, 2.45) is 0 Å². The van der Waals surface area contributed by atoms with Crippen LogP contribution in [-0.2, 0) is 17.6 Å². The van der Waals surface area contributed by atoms with Gasteiger partial charge in [0.15, 0.2) is 6.61 Å². The molecule has 128 valence electrons. The lowest BCUT2D eigenvalue weighted by Gasteiger charge is -2.33. The molecule has 0 saturated heterocycles. The Hall–Kier alpha value is -2.50. The van der Waals surface area contributed by atoms with Crippen molar-refractivity contribution in [3.05, 3.63) is 33.7 Å². The van der Waals surface area contributed by atoms with E-state index >= 15 is 0 Å². The quantitative estimate of drug-likeness (QED) is 0.866. The number of rotatable bonds is 4. The molecule has 1 N–H and O–H groups in total. The maximum Gasteiger partial charge on any atom is 0.341 e. The van der Waals surface area contributed by atoms with E-state index in [1.165, 1.54) is 6.07 Å². The minimum atomic E-state index is -1.07. The van der Waals surface area contributed by atoms with Gasteiger partial charge in [-0.3, -0.25) is 0 Å². The first kappa shape index (κ1) is 16.4. The molecule has 1 aromatic carbocycles. The van der Waals surface area contributed by atoms with Gasteiger partial charge in [-0.15, -0.1) is 0 Å². The summed E-state index contributed by atoms with van der Waals surface area (Å²) in [4.78, 5) is 22.8. The third-order valence-electron chi connectivity index (χ3n) is 4.22. The Kier molecular flexibility index (Phi) is 3.99. The van der Waals surface area contributed by atoms with Crippen LogP contribution >= 0.6 is 0 Å². The molecule has 24 heavy (non-hydrogen) atoms. The summed E-state index contributed by atoms with van der Waals surface area (Å²) in [6.45, 7) is 5.42. The highest BCUT2D eigenvalue weighted by atomic mass is 16.5. The van der Waals surface area contributed by atoms with E-state index < -0.39 is 18.2 Å². The fourth-order valence-corrected chi connectivity index (χ4v) is 3.05. The molecule has 0 amide bonds. The highest BCUT2D eigenvalue weighted by Gasteiger charge is 2.30. The van der Waals surface area contributed by atoms with E-state index in [1.807, 2.05) is 20.8 Å². The second kappa shape index (κ2) is 5.85. The van der Waals surface area contributed by atoms with Crippen LogP contribution in [0.2, 0.25) is 0 Å². The van der Waals surface area contributed by atoms with Crippen LogP contribution in [-0.4, -0.2) is 23.3 Å². The Morgan fingerprint density at radius 2 is 2.12 bits per heavy atom. The van der Waals surface area contributed by atoms with Gasteiger partial charge in [0, 0.05) is 17.7 Å². The summed E-state index contributed by atoms with van der Waals surface area (Å²) >= 11 is 0. The Morgan fingerprint density at radius 3 is 2.79 bits per heavy atom. The van der Waals surface area contributed by atoms with E-state index in [4.69, 9.17) is 19.0 Å². The van der Waals surface area contributed by atoms with Crippen LogP contribution < -0.4 is 15.1 Å². The first-order valence-electron chi connectivity index (χ1n) is 7.97. The first-order chi connectivity index (χ1) is 11.3. The van der Waals surface area contributed by atoms with E-state index in [2.05, 4.69) is 0 Å². The second-order valence-electron chi connectivity index (χ2n) is 6.54. The summed E-state index contributed by atoms with van der Waals surface area (Å²) in [6, 6.07) is 3.14. The molecule has 6 heteroatoms. The van der Waals surface area contributed by atoms with Crippen LogP contribution in [0.1, 0.15) is 38.3 Å². The van der Waals surface area contributed by atoms with Crippen molar-refractivity contribution in [2.45, 2.75) is 45.6 Å². The highest BCUT2D eigenvalue weighted by molar-refractivity contribution is 5.91. The lowest BCUT2D eigenvalue weighted by Crippen LogP contribution is -2.32. The van der Waals surface area contributed by atoms with Gasteiger partial charge in [0.05, 0.1) is 5.39 Å². The molecule has 1 aliphatic heterocycles. The molecule has 6 nitrogen and oxygen atoms in total. The van der Waals surface area contributed by atoms with Crippen molar-refractivity contribution in [1.29, 1.82) is 0 Å². The largest absolute Gasteiger partial charge is 0.487 e. The van der Waals surface area contributed by atoms with Crippen molar-refractivity contribution < 1.29 is 23.8 Å². The molecule has 0 aliphatic carbocycles. The SMILES string of the molecule is CCc1cc(=O)oc2c3c(cc(OCC(=O)O)c12)OC(C)(C)CC3. The molecule has 2 aromatic rings. The first-order valence-corrected chi connectivity index (χ1v) is 7.97. The Bertz CT molecular complexity index is 862. The molecular weight excluding hydrogens is 312 g/mol. The summed E-state index contributed by atoms with van der Waals surface area (Å²) < 4.78 is 16.9. The number of hydrogen-bond donors (Lipinski definition) is 1. The van der Waals surface area contributed by atoms with Gasteiger partial charge in [0.2, 0.25) is 0 Å². The lowest BCUT2D eigenvalue weighted by molar-refractivity contribution is -0.139. The number of ether oxygens (including phenoxy) is 2. The van der Waals surface area contributed by atoms with Crippen LogP contribution in [0, 0.1) is 0 Å². The number of benzene rings is 1. The van der Waals surface area contributed by atoms with E-state index in [0.29, 0.717) is 35.3 Å². The highest BCUT2D eigenvalue weighted by Crippen LogP contribution is 2.42. The van der Waals surface area contributed by atoms with Gasteiger partial charge < -0.3 is 19.0 Å². The summed E-state index contributed by atoms with van der Waals surface area (Å²) in [6.07, 6.45) is 2.12. The van der Waals surface area contributed by atoms with Crippen LogP contribution in [0.3, 0.4) is 0 Å². The van der Waals surface area contributed by atoms with Crippen LogP contribution in [0.25, 0.3) is 11.0 Å². The zero-order chi connectivity index (χ0) is 17.5. The topological polar surface area (TPSA) is 86.0 Å². The van der Waals surface area contributed by atoms with Gasteiger partial charge in [-0.2, -0.15) is 0 Å². The summed E-state index contributed by atoms with van der Waals surface area (Å²) in [5, 5.41) is 9.56.